The maximum Gasteiger partial charge on any atom is 0.151 e. The van der Waals surface area contributed by atoms with Crippen molar-refractivity contribution < 1.29 is 4.39 Å². The van der Waals surface area contributed by atoms with Gasteiger partial charge in [0.2, 0.25) is 0 Å². The van der Waals surface area contributed by atoms with Gasteiger partial charge in [0.25, 0.3) is 0 Å². The molecular formula is C12H14FN3S. The van der Waals surface area contributed by atoms with Crippen LogP contribution in [0.4, 0.5) is 4.39 Å². The van der Waals surface area contributed by atoms with Crippen molar-refractivity contribution >= 4 is 11.3 Å². The first kappa shape index (κ1) is 12.1. The molecule has 1 unspecified atom stereocenters. The van der Waals surface area contributed by atoms with Crippen molar-refractivity contribution in [1.29, 1.82) is 0 Å². The lowest BCUT2D eigenvalue weighted by molar-refractivity contribution is 0.606. The van der Waals surface area contributed by atoms with E-state index in [1.165, 1.54) is 17.5 Å². The molecule has 0 saturated carbocycles. The third-order valence-electron chi connectivity index (χ3n) is 2.46. The molecule has 0 amide bonds. The van der Waals surface area contributed by atoms with Gasteiger partial charge in [0.05, 0.1) is 6.20 Å². The van der Waals surface area contributed by atoms with Crippen LogP contribution in [0.2, 0.25) is 0 Å². The van der Waals surface area contributed by atoms with Gasteiger partial charge in [-0.15, -0.1) is 11.3 Å². The molecular weight excluding hydrogens is 237 g/mol. The van der Waals surface area contributed by atoms with Crippen molar-refractivity contribution in [2.24, 2.45) is 0 Å². The Balaban J connectivity index is 2.27. The van der Waals surface area contributed by atoms with Crippen LogP contribution in [-0.4, -0.2) is 16.5 Å². The van der Waals surface area contributed by atoms with Gasteiger partial charge >= 0.3 is 0 Å². The van der Waals surface area contributed by atoms with Crippen LogP contribution in [0.5, 0.6) is 0 Å². The Bertz CT molecular complexity index is 498. The molecule has 0 aliphatic rings. The van der Waals surface area contributed by atoms with Crippen molar-refractivity contribution in [3.05, 3.63) is 35.4 Å². The van der Waals surface area contributed by atoms with Crippen molar-refractivity contribution in [3.63, 3.8) is 0 Å². The Kier molecular flexibility index (Phi) is 3.81. The molecule has 0 aliphatic carbocycles. The molecule has 0 fully saturated rings. The summed E-state index contributed by atoms with van der Waals surface area (Å²) in [5.41, 5.74) is 0.514. The minimum absolute atomic E-state index is 0.246. The SMILES string of the molecule is CCNC(C)c1cnc(-c2ccncc2F)s1. The first-order valence-electron chi connectivity index (χ1n) is 5.51. The molecule has 2 aromatic heterocycles. The highest BCUT2D eigenvalue weighted by Gasteiger charge is 2.12. The van der Waals surface area contributed by atoms with Crippen LogP contribution in [-0.2, 0) is 0 Å². The minimum Gasteiger partial charge on any atom is -0.310 e. The fraction of sp³-hybridized carbons (Fsp3) is 0.333. The Labute approximate surface area is 104 Å². The second kappa shape index (κ2) is 5.33. The predicted octanol–water partition coefficient (Wildman–Crippen LogP) is 3.01. The molecule has 2 aromatic rings. The van der Waals surface area contributed by atoms with Gasteiger partial charge < -0.3 is 5.32 Å². The molecule has 3 nitrogen and oxygen atoms in total. The number of pyridine rings is 1. The van der Waals surface area contributed by atoms with Crippen molar-refractivity contribution in [1.82, 2.24) is 15.3 Å². The zero-order valence-electron chi connectivity index (χ0n) is 9.77. The summed E-state index contributed by atoms with van der Waals surface area (Å²) < 4.78 is 13.5. The number of aromatic nitrogens is 2. The van der Waals surface area contributed by atoms with E-state index in [4.69, 9.17) is 0 Å². The van der Waals surface area contributed by atoms with E-state index in [9.17, 15) is 4.39 Å². The fourth-order valence-corrected chi connectivity index (χ4v) is 2.54. The van der Waals surface area contributed by atoms with Crippen LogP contribution in [0.15, 0.2) is 24.7 Å². The summed E-state index contributed by atoms with van der Waals surface area (Å²) in [4.78, 5) is 9.10. The molecule has 0 aliphatic heterocycles. The van der Waals surface area contributed by atoms with E-state index in [-0.39, 0.29) is 11.9 Å². The number of hydrogen-bond acceptors (Lipinski definition) is 4. The molecule has 1 atom stereocenters. The summed E-state index contributed by atoms with van der Waals surface area (Å²) in [6, 6.07) is 1.90. The Hall–Kier alpha value is -1.33. The van der Waals surface area contributed by atoms with Crippen molar-refractivity contribution in [2.75, 3.05) is 6.54 Å². The average Bonchev–Trinajstić information content (AvgIpc) is 2.79. The Morgan fingerprint density at radius 1 is 1.47 bits per heavy atom. The van der Waals surface area contributed by atoms with Gasteiger partial charge in [0.15, 0.2) is 5.82 Å². The lowest BCUT2D eigenvalue weighted by atomic mass is 10.3. The number of thiazole rings is 1. The predicted molar refractivity (Wildman–Crippen MR) is 67.4 cm³/mol. The zero-order chi connectivity index (χ0) is 12.3. The topological polar surface area (TPSA) is 37.8 Å². The number of halogens is 1. The van der Waals surface area contributed by atoms with Crippen LogP contribution < -0.4 is 5.32 Å². The highest BCUT2D eigenvalue weighted by atomic mass is 32.1. The van der Waals surface area contributed by atoms with E-state index in [0.29, 0.717) is 10.6 Å². The molecule has 2 rings (SSSR count). The number of rotatable bonds is 4. The first-order valence-corrected chi connectivity index (χ1v) is 6.33. The first-order chi connectivity index (χ1) is 8.22. The summed E-state index contributed by atoms with van der Waals surface area (Å²) in [5.74, 6) is -0.329. The standard InChI is InChI=1S/C12H14FN3S/c1-3-15-8(2)11-7-16-12(17-11)9-4-5-14-6-10(9)13/h4-8,15H,3H2,1-2H3. The number of nitrogens with zero attached hydrogens (tertiary/aromatic N) is 2. The van der Waals surface area contributed by atoms with E-state index in [1.807, 2.05) is 0 Å². The molecule has 0 spiro atoms. The molecule has 5 heteroatoms. The van der Waals surface area contributed by atoms with Gasteiger partial charge in [-0.05, 0) is 19.5 Å². The van der Waals surface area contributed by atoms with Gasteiger partial charge in [-0.2, -0.15) is 0 Å². The second-order valence-electron chi connectivity index (χ2n) is 3.70. The summed E-state index contributed by atoms with van der Waals surface area (Å²) in [7, 11) is 0. The minimum atomic E-state index is -0.329. The average molecular weight is 251 g/mol. The normalized spacial score (nSPS) is 12.6. The van der Waals surface area contributed by atoms with E-state index < -0.39 is 0 Å². The van der Waals surface area contributed by atoms with E-state index in [0.717, 1.165) is 11.4 Å². The molecule has 0 saturated heterocycles. The lowest BCUT2D eigenvalue weighted by Gasteiger charge is -2.08. The highest BCUT2D eigenvalue weighted by molar-refractivity contribution is 7.15. The van der Waals surface area contributed by atoms with Crippen molar-refractivity contribution in [2.45, 2.75) is 19.9 Å². The number of hydrogen-bond donors (Lipinski definition) is 1. The Morgan fingerprint density at radius 2 is 2.29 bits per heavy atom. The van der Waals surface area contributed by atoms with Crippen LogP contribution in [0.1, 0.15) is 24.8 Å². The zero-order valence-corrected chi connectivity index (χ0v) is 10.6. The van der Waals surface area contributed by atoms with Crippen LogP contribution in [0.25, 0.3) is 10.6 Å². The summed E-state index contributed by atoms with van der Waals surface area (Å²) in [6.07, 6.45) is 4.59. The Morgan fingerprint density at radius 3 is 3.00 bits per heavy atom. The quantitative estimate of drug-likeness (QED) is 0.907. The fourth-order valence-electron chi connectivity index (χ4n) is 1.57. The van der Waals surface area contributed by atoms with Gasteiger partial charge in [-0.25, -0.2) is 9.37 Å². The monoisotopic (exact) mass is 251 g/mol. The summed E-state index contributed by atoms with van der Waals surface area (Å²) in [6.45, 7) is 5.03. The van der Waals surface area contributed by atoms with E-state index >= 15 is 0 Å². The molecule has 17 heavy (non-hydrogen) atoms. The summed E-state index contributed by atoms with van der Waals surface area (Å²) in [5, 5.41) is 4.00. The van der Waals surface area contributed by atoms with Crippen LogP contribution >= 0.6 is 11.3 Å². The molecule has 90 valence electrons. The van der Waals surface area contributed by atoms with Crippen LogP contribution in [0, 0.1) is 5.82 Å². The third kappa shape index (κ3) is 2.68. The summed E-state index contributed by atoms with van der Waals surface area (Å²) >= 11 is 1.51. The maximum absolute atomic E-state index is 13.5. The highest BCUT2D eigenvalue weighted by Crippen LogP contribution is 2.29. The van der Waals surface area contributed by atoms with Crippen LogP contribution in [0.3, 0.4) is 0 Å². The van der Waals surface area contributed by atoms with Gasteiger partial charge in [0.1, 0.15) is 5.01 Å². The van der Waals surface area contributed by atoms with E-state index in [1.54, 1.807) is 18.5 Å². The molecule has 0 bridgehead atoms. The molecule has 0 aromatic carbocycles. The maximum atomic E-state index is 13.5. The van der Waals surface area contributed by atoms with Gasteiger partial charge in [-0.3, -0.25) is 4.98 Å². The molecule has 2 heterocycles. The van der Waals surface area contributed by atoms with E-state index in [2.05, 4.69) is 29.1 Å². The largest absolute Gasteiger partial charge is 0.310 e. The molecule has 1 N–H and O–H groups in total. The lowest BCUT2D eigenvalue weighted by Crippen LogP contribution is -2.16. The smallest absolute Gasteiger partial charge is 0.151 e. The van der Waals surface area contributed by atoms with Crippen molar-refractivity contribution in [3.8, 4) is 10.6 Å². The van der Waals surface area contributed by atoms with Gasteiger partial charge in [0, 0.05) is 28.9 Å². The number of nitrogens with one attached hydrogen (secondary N) is 1. The second-order valence-corrected chi connectivity index (χ2v) is 4.76. The van der Waals surface area contributed by atoms with Gasteiger partial charge in [-0.1, -0.05) is 6.92 Å². The molecule has 0 radical (unpaired) electrons. The third-order valence-corrected chi connectivity index (χ3v) is 3.68.